The van der Waals surface area contributed by atoms with E-state index in [0.717, 1.165) is 66.4 Å². The first-order chi connectivity index (χ1) is 13.2. The highest BCUT2D eigenvalue weighted by atomic mass is 15.2. The number of aromatic nitrogens is 4. The number of piperazine rings is 1. The first-order valence-electron chi connectivity index (χ1n) is 9.43. The average molecular weight is 363 g/mol. The first kappa shape index (κ1) is 17.8. The van der Waals surface area contributed by atoms with Crippen LogP contribution in [0.25, 0.3) is 22.2 Å². The monoisotopic (exact) mass is 363 g/mol. The molecule has 0 bridgehead atoms. The zero-order chi connectivity index (χ0) is 18.6. The van der Waals surface area contributed by atoms with Gasteiger partial charge in [0.2, 0.25) is 0 Å². The maximum absolute atomic E-state index is 4.53. The SMILES string of the molecule is Cc1cnc(-c2cccc3c(NC(C)CN4CCNCC4)ncnc23)cn1. The lowest BCUT2D eigenvalue weighted by atomic mass is 10.1. The van der Waals surface area contributed by atoms with Crippen LogP contribution in [0.1, 0.15) is 12.6 Å². The topological polar surface area (TPSA) is 78.9 Å². The van der Waals surface area contributed by atoms with Crippen LogP contribution >= 0.6 is 0 Å². The molecule has 3 aromatic rings. The summed E-state index contributed by atoms with van der Waals surface area (Å²) < 4.78 is 0. The van der Waals surface area contributed by atoms with Crippen molar-refractivity contribution >= 4 is 16.7 Å². The zero-order valence-electron chi connectivity index (χ0n) is 15.8. The van der Waals surface area contributed by atoms with E-state index in [1.54, 1.807) is 18.7 Å². The van der Waals surface area contributed by atoms with Crippen molar-refractivity contribution in [3.8, 4) is 11.3 Å². The number of aryl methyl sites for hydroxylation is 1. The number of rotatable bonds is 5. The molecule has 2 aromatic heterocycles. The van der Waals surface area contributed by atoms with Crippen LogP contribution < -0.4 is 10.6 Å². The molecule has 7 heteroatoms. The lowest BCUT2D eigenvalue weighted by Crippen LogP contribution is -2.47. The maximum atomic E-state index is 4.53. The van der Waals surface area contributed by atoms with Gasteiger partial charge in [-0.05, 0) is 19.9 Å². The molecule has 2 N–H and O–H groups in total. The van der Waals surface area contributed by atoms with Crippen LogP contribution in [0.4, 0.5) is 5.82 Å². The van der Waals surface area contributed by atoms with Crippen molar-refractivity contribution in [2.45, 2.75) is 19.9 Å². The molecule has 1 unspecified atom stereocenters. The molecule has 1 aliphatic heterocycles. The molecule has 0 saturated carbocycles. The number of nitrogens with one attached hydrogen (secondary N) is 2. The van der Waals surface area contributed by atoms with Crippen LogP contribution in [-0.4, -0.2) is 63.6 Å². The number of para-hydroxylation sites is 1. The molecule has 0 spiro atoms. The third-order valence-electron chi connectivity index (χ3n) is 4.85. The van der Waals surface area contributed by atoms with Gasteiger partial charge < -0.3 is 10.6 Å². The van der Waals surface area contributed by atoms with Gasteiger partial charge in [0.15, 0.2) is 0 Å². The third kappa shape index (κ3) is 4.04. The minimum absolute atomic E-state index is 0.295. The minimum atomic E-state index is 0.295. The average Bonchev–Trinajstić information content (AvgIpc) is 2.69. The van der Waals surface area contributed by atoms with E-state index in [1.807, 2.05) is 19.1 Å². The molecule has 140 valence electrons. The van der Waals surface area contributed by atoms with Gasteiger partial charge in [0.25, 0.3) is 0 Å². The standard InChI is InChI=1S/C20H25N7/c1-14-10-23-18(11-22-14)16-4-3-5-17-19(16)24-13-25-20(17)26-15(2)12-27-8-6-21-7-9-27/h3-5,10-11,13,15,21H,6-9,12H2,1-2H3,(H,24,25,26). The van der Waals surface area contributed by atoms with Gasteiger partial charge in [-0.3, -0.25) is 14.9 Å². The Kier molecular flexibility index (Phi) is 5.22. The Morgan fingerprint density at radius 3 is 2.74 bits per heavy atom. The molecule has 1 fully saturated rings. The molecular formula is C20H25N7. The molecule has 4 rings (SSSR count). The summed E-state index contributed by atoms with van der Waals surface area (Å²) in [5, 5.41) is 7.97. The summed E-state index contributed by atoms with van der Waals surface area (Å²) in [6, 6.07) is 6.40. The predicted octanol–water partition coefficient (Wildman–Crippen LogP) is 2.10. The molecule has 1 saturated heterocycles. The highest BCUT2D eigenvalue weighted by Crippen LogP contribution is 2.28. The highest BCUT2D eigenvalue weighted by Gasteiger charge is 2.15. The summed E-state index contributed by atoms with van der Waals surface area (Å²) in [4.78, 5) is 20.4. The van der Waals surface area contributed by atoms with E-state index in [9.17, 15) is 0 Å². The van der Waals surface area contributed by atoms with E-state index in [2.05, 4.69) is 48.5 Å². The van der Waals surface area contributed by atoms with Gasteiger partial charge in [0.1, 0.15) is 12.1 Å². The smallest absolute Gasteiger partial charge is 0.137 e. The Morgan fingerprint density at radius 2 is 1.96 bits per heavy atom. The Hall–Kier alpha value is -2.64. The molecule has 1 aromatic carbocycles. The summed E-state index contributed by atoms with van der Waals surface area (Å²) in [6.07, 6.45) is 5.20. The van der Waals surface area contributed by atoms with Gasteiger partial charge in [-0.2, -0.15) is 0 Å². The quantitative estimate of drug-likeness (QED) is 0.719. The highest BCUT2D eigenvalue weighted by molar-refractivity contribution is 5.98. The molecule has 0 radical (unpaired) electrons. The zero-order valence-corrected chi connectivity index (χ0v) is 15.8. The number of benzene rings is 1. The Balaban J connectivity index is 1.60. The van der Waals surface area contributed by atoms with E-state index in [1.165, 1.54) is 0 Å². The van der Waals surface area contributed by atoms with Gasteiger partial charge in [-0.15, -0.1) is 0 Å². The van der Waals surface area contributed by atoms with Crippen molar-refractivity contribution in [3.63, 3.8) is 0 Å². The summed E-state index contributed by atoms with van der Waals surface area (Å²) in [5.41, 5.74) is 3.59. The molecule has 27 heavy (non-hydrogen) atoms. The predicted molar refractivity (Wildman–Crippen MR) is 108 cm³/mol. The summed E-state index contributed by atoms with van der Waals surface area (Å²) in [5.74, 6) is 0.865. The lowest BCUT2D eigenvalue weighted by molar-refractivity contribution is 0.235. The van der Waals surface area contributed by atoms with E-state index in [-0.39, 0.29) is 0 Å². The Labute approximate surface area is 159 Å². The van der Waals surface area contributed by atoms with Crippen LogP contribution in [0.5, 0.6) is 0 Å². The van der Waals surface area contributed by atoms with Gasteiger partial charge in [-0.25, -0.2) is 9.97 Å². The molecule has 7 nitrogen and oxygen atoms in total. The van der Waals surface area contributed by atoms with E-state index < -0.39 is 0 Å². The fourth-order valence-electron chi connectivity index (χ4n) is 3.50. The van der Waals surface area contributed by atoms with Gasteiger partial charge in [0.05, 0.1) is 23.1 Å². The third-order valence-corrected chi connectivity index (χ3v) is 4.85. The van der Waals surface area contributed by atoms with Crippen LogP contribution in [0, 0.1) is 6.92 Å². The molecule has 0 aliphatic carbocycles. The molecular weight excluding hydrogens is 338 g/mol. The van der Waals surface area contributed by atoms with E-state index in [4.69, 9.17) is 0 Å². The lowest BCUT2D eigenvalue weighted by Gasteiger charge is -2.30. The Morgan fingerprint density at radius 1 is 1.11 bits per heavy atom. The minimum Gasteiger partial charge on any atom is -0.366 e. The van der Waals surface area contributed by atoms with Crippen molar-refractivity contribution in [1.82, 2.24) is 30.2 Å². The fourth-order valence-corrected chi connectivity index (χ4v) is 3.50. The van der Waals surface area contributed by atoms with Crippen molar-refractivity contribution in [2.75, 3.05) is 38.0 Å². The van der Waals surface area contributed by atoms with Gasteiger partial charge >= 0.3 is 0 Å². The summed E-state index contributed by atoms with van der Waals surface area (Å²) >= 11 is 0. The van der Waals surface area contributed by atoms with E-state index >= 15 is 0 Å². The second-order valence-electron chi connectivity index (χ2n) is 7.06. The van der Waals surface area contributed by atoms with Gasteiger partial charge in [-0.1, -0.05) is 12.1 Å². The van der Waals surface area contributed by atoms with Crippen molar-refractivity contribution in [2.24, 2.45) is 0 Å². The van der Waals surface area contributed by atoms with E-state index in [0.29, 0.717) is 6.04 Å². The maximum Gasteiger partial charge on any atom is 0.137 e. The summed E-state index contributed by atoms with van der Waals surface area (Å²) in [6.45, 7) is 9.43. The largest absolute Gasteiger partial charge is 0.366 e. The number of nitrogens with zero attached hydrogens (tertiary/aromatic N) is 5. The second kappa shape index (κ2) is 7.94. The van der Waals surface area contributed by atoms with Crippen molar-refractivity contribution in [1.29, 1.82) is 0 Å². The second-order valence-corrected chi connectivity index (χ2v) is 7.06. The first-order valence-corrected chi connectivity index (χ1v) is 9.43. The summed E-state index contributed by atoms with van der Waals surface area (Å²) in [7, 11) is 0. The fraction of sp³-hybridized carbons (Fsp3) is 0.400. The number of anilines is 1. The van der Waals surface area contributed by atoms with Crippen molar-refractivity contribution < 1.29 is 0 Å². The number of fused-ring (bicyclic) bond motifs is 1. The molecule has 3 heterocycles. The number of hydrogen-bond acceptors (Lipinski definition) is 7. The molecule has 0 amide bonds. The molecule has 1 aliphatic rings. The van der Waals surface area contributed by atoms with Crippen LogP contribution in [-0.2, 0) is 0 Å². The van der Waals surface area contributed by atoms with Crippen LogP contribution in [0.2, 0.25) is 0 Å². The normalized spacial score (nSPS) is 16.4. The van der Waals surface area contributed by atoms with Gasteiger partial charge in [0, 0.05) is 55.9 Å². The molecule has 1 atom stereocenters. The Bertz CT molecular complexity index is 904. The van der Waals surface area contributed by atoms with Crippen molar-refractivity contribution in [3.05, 3.63) is 42.6 Å². The van der Waals surface area contributed by atoms with Crippen LogP contribution in [0.3, 0.4) is 0 Å². The number of hydrogen-bond donors (Lipinski definition) is 2. The van der Waals surface area contributed by atoms with Crippen LogP contribution in [0.15, 0.2) is 36.9 Å².